The van der Waals surface area contributed by atoms with E-state index in [9.17, 15) is 13.6 Å². The van der Waals surface area contributed by atoms with Crippen molar-refractivity contribution in [1.82, 2.24) is 0 Å². The van der Waals surface area contributed by atoms with Crippen molar-refractivity contribution < 1.29 is 18.3 Å². The van der Waals surface area contributed by atoms with Crippen molar-refractivity contribution in [2.45, 2.75) is 6.42 Å². The van der Waals surface area contributed by atoms with E-state index in [-0.39, 0.29) is 20.9 Å². The number of methoxy groups -OCH3 is 1. The Morgan fingerprint density at radius 2 is 2.00 bits per heavy atom. The minimum Gasteiger partial charge on any atom is -0.469 e. The molecule has 82 valence electrons. The van der Waals surface area contributed by atoms with Crippen LogP contribution in [0, 0.1) is 11.6 Å². The zero-order chi connectivity index (χ0) is 11.6. The first-order valence-electron chi connectivity index (χ1n) is 3.86. The first-order valence-corrected chi connectivity index (χ1v) is 5.44. The van der Waals surface area contributed by atoms with E-state index in [1.54, 1.807) is 0 Å². The Balaban J connectivity index is 3.15. The molecule has 0 unspecified atom stereocenters. The van der Waals surface area contributed by atoms with Crippen LogP contribution in [0.2, 0.25) is 0 Å². The summed E-state index contributed by atoms with van der Waals surface area (Å²) in [5.74, 6) is -2.08. The maximum atomic E-state index is 13.3. The van der Waals surface area contributed by atoms with Gasteiger partial charge in [0.1, 0.15) is 5.82 Å². The summed E-state index contributed by atoms with van der Waals surface area (Å²) in [4.78, 5) is 10.9. The normalized spacial score (nSPS) is 10.2. The molecular formula is C9H6Br2F2O2. The third kappa shape index (κ3) is 2.75. The lowest BCUT2D eigenvalue weighted by molar-refractivity contribution is -0.139. The van der Waals surface area contributed by atoms with Gasteiger partial charge in [-0.2, -0.15) is 0 Å². The molecule has 15 heavy (non-hydrogen) atoms. The lowest BCUT2D eigenvalue weighted by Crippen LogP contribution is -2.06. The van der Waals surface area contributed by atoms with Crippen LogP contribution in [0.1, 0.15) is 5.56 Å². The zero-order valence-corrected chi connectivity index (χ0v) is 10.8. The van der Waals surface area contributed by atoms with Crippen molar-refractivity contribution in [3.05, 3.63) is 32.2 Å². The lowest BCUT2D eigenvalue weighted by Gasteiger charge is -2.06. The van der Waals surface area contributed by atoms with Crippen LogP contribution in [0.4, 0.5) is 8.78 Å². The van der Waals surface area contributed by atoms with Gasteiger partial charge in [0.2, 0.25) is 0 Å². The molecule has 0 aliphatic rings. The predicted molar refractivity (Wildman–Crippen MR) is 57.5 cm³/mol. The third-order valence-electron chi connectivity index (χ3n) is 1.74. The van der Waals surface area contributed by atoms with Crippen molar-refractivity contribution in [3.8, 4) is 0 Å². The van der Waals surface area contributed by atoms with Crippen LogP contribution >= 0.6 is 31.9 Å². The highest BCUT2D eigenvalue weighted by atomic mass is 79.9. The number of hydrogen-bond acceptors (Lipinski definition) is 2. The molecule has 0 N–H and O–H groups in total. The van der Waals surface area contributed by atoms with Gasteiger partial charge in [0.05, 0.1) is 22.5 Å². The Morgan fingerprint density at radius 3 is 2.53 bits per heavy atom. The molecule has 1 rings (SSSR count). The number of hydrogen-bond donors (Lipinski definition) is 0. The number of benzene rings is 1. The van der Waals surface area contributed by atoms with Crippen molar-refractivity contribution in [1.29, 1.82) is 0 Å². The largest absolute Gasteiger partial charge is 0.469 e. The molecule has 0 heterocycles. The van der Waals surface area contributed by atoms with Crippen LogP contribution in [0.25, 0.3) is 0 Å². The van der Waals surface area contributed by atoms with Gasteiger partial charge in [-0.3, -0.25) is 4.79 Å². The second-order valence-corrected chi connectivity index (χ2v) is 4.30. The topological polar surface area (TPSA) is 26.3 Å². The van der Waals surface area contributed by atoms with E-state index in [2.05, 4.69) is 36.6 Å². The van der Waals surface area contributed by atoms with Gasteiger partial charge in [-0.15, -0.1) is 0 Å². The molecule has 0 saturated carbocycles. The Bertz CT molecular complexity index is 408. The third-order valence-corrected chi connectivity index (χ3v) is 3.32. The molecule has 0 spiro atoms. The van der Waals surface area contributed by atoms with Gasteiger partial charge in [0.25, 0.3) is 0 Å². The molecule has 0 bridgehead atoms. The van der Waals surface area contributed by atoms with E-state index in [4.69, 9.17) is 0 Å². The maximum Gasteiger partial charge on any atom is 0.310 e. The standard InChI is InChI=1S/C9H6Br2F2O2/c1-15-6(14)3-4-2-5(12)8(11)9(13)7(4)10/h2H,3H2,1H3. The molecule has 0 saturated heterocycles. The summed E-state index contributed by atoms with van der Waals surface area (Å²) in [5, 5.41) is 0. The van der Waals surface area contributed by atoms with E-state index in [1.807, 2.05) is 0 Å². The van der Waals surface area contributed by atoms with Crippen molar-refractivity contribution in [2.24, 2.45) is 0 Å². The van der Waals surface area contributed by atoms with E-state index < -0.39 is 17.6 Å². The van der Waals surface area contributed by atoms with Crippen molar-refractivity contribution in [3.63, 3.8) is 0 Å². The van der Waals surface area contributed by atoms with E-state index in [1.165, 1.54) is 7.11 Å². The molecule has 0 radical (unpaired) electrons. The molecule has 0 aliphatic carbocycles. The minimum absolute atomic E-state index is 0.0566. The van der Waals surface area contributed by atoms with Crippen molar-refractivity contribution >= 4 is 37.8 Å². The Morgan fingerprint density at radius 1 is 1.40 bits per heavy atom. The van der Waals surface area contributed by atoms with Crippen LogP contribution in [0.5, 0.6) is 0 Å². The van der Waals surface area contributed by atoms with Crippen LogP contribution in [-0.2, 0) is 16.0 Å². The summed E-state index contributed by atoms with van der Waals surface area (Å²) in [7, 11) is 1.21. The van der Waals surface area contributed by atoms with Gasteiger partial charge in [-0.1, -0.05) is 0 Å². The molecule has 1 aromatic carbocycles. The number of carbonyl (C=O) groups is 1. The van der Waals surface area contributed by atoms with E-state index in [0.29, 0.717) is 0 Å². The van der Waals surface area contributed by atoms with E-state index in [0.717, 1.165) is 6.07 Å². The Kier molecular flexibility index (Phi) is 4.21. The smallest absolute Gasteiger partial charge is 0.310 e. The Hall–Kier alpha value is -0.490. The van der Waals surface area contributed by atoms with Crippen LogP contribution in [0.15, 0.2) is 15.0 Å². The predicted octanol–water partition coefficient (Wildman–Crippen LogP) is 3.21. The van der Waals surface area contributed by atoms with Crippen LogP contribution in [0.3, 0.4) is 0 Å². The molecule has 1 aromatic rings. The number of carbonyl (C=O) groups excluding carboxylic acids is 1. The van der Waals surface area contributed by atoms with Crippen LogP contribution in [-0.4, -0.2) is 13.1 Å². The summed E-state index contributed by atoms with van der Waals surface area (Å²) in [6, 6.07) is 1.08. The van der Waals surface area contributed by atoms with Gasteiger partial charge in [-0.25, -0.2) is 8.78 Å². The van der Waals surface area contributed by atoms with Gasteiger partial charge in [0.15, 0.2) is 5.82 Å². The number of ether oxygens (including phenoxy) is 1. The fourth-order valence-electron chi connectivity index (χ4n) is 0.978. The fraction of sp³-hybridized carbons (Fsp3) is 0.222. The molecule has 0 aliphatic heterocycles. The highest BCUT2D eigenvalue weighted by Crippen LogP contribution is 2.30. The number of esters is 1. The summed E-state index contributed by atoms with van der Waals surface area (Å²) < 4.78 is 30.6. The summed E-state index contributed by atoms with van der Waals surface area (Å²) in [6.45, 7) is 0. The molecule has 0 amide bonds. The average molecular weight is 344 g/mol. The highest BCUT2D eigenvalue weighted by molar-refractivity contribution is 9.11. The van der Waals surface area contributed by atoms with Crippen LogP contribution < -0.4 is 0 Å². The molecule has 0 fully saturated rings. The quantitative estimate of drug-likeness (QED) is 0.468. The molecule has 0 aromatic heterocycles. The van der Waals surface area contributed by atoms with Gasteiger partial charge in [-0.05, 0) is 43.5 Å². The summed E-state index contributed by atoms with van der Waals surface area (Å²) >= 11 is 5.69. The summed E-state index contributed by atoms with van der Waals surface area (Å²) in [6.07, 6.45) is -0.182. The molecular weight excluding hydrogens is 338 g/mol. The van der Waals surface area contributed by atoms with E-state index >= 15 is 0 Å². The number of halogens is 4. The lowest BCUT2D eigenvalue weighted by atomic mass is 10.1. The number of rotatable bonds is 2. The molecule has 0 atom stereocenters. The maximum absolute atomic E-state index is 13.3. The fourth-order valence-corrected chi connectivity index (χ4v) is 2.01. The van der Waals surface area contributed by atoms with Crippen molar-refractivity contribution in [2.75, 3.05) is 7.11 Å². The van der Waals surface area contributed by atoms with Gasteiger partial charge in [0, 0.05) is 0 Å². The van der Waals surface area contributed by atoms with Gasteiger partial charge < -0.3 is 4.74 Å². The highest BCUT2D eigenvalue weighted by Gasteiger charge is 2.16. The summed E-state index contributed by atoms with van der Waals surface area (Å²) in [5.41, 5.74) is 0.208. The zero-order valence-electron chi connectivity index (χ0n) is 7.61. The molecule has 2 nitrogen and oxygen atoms in total. The van der Waals surface area contributed by atoms with Gasteiger partial charge >= 0.3 is 5.97 Å². The monoisotopic (exact) mass is 342 g/mol. The Labute approximate surface area is 102 Å². The second kappa shape index (κ2) is 5.03. The second-order valence-electron chi connectivity index (χ2n) is 2.71. The molecule has 6 heteroatoms. The SMILES string of the molecule is COC(=O)Cc1cc(F)c(Br)c(F)c1Br. The average Bonchev–Trinajstić information content (AvgIpc) is 2.22. The first kappa shape index (κ1) is 12.6. The minimum atomic E-state index is -0.770. The first-order chi connectivity index (χ1) is 6.97.